The molecule has 4 heterocycles. The number of halogens is 3. The topological polar surface area (TPSA) is 90.1 Å². The van der Waals surface area contributed by atoms with Gasteiger partial charge in [-0.05, 0) is 43.0 Å². The van der Waals surface area contributed by atoms with Gasteiger partial charge in [0.1, 0.15) is 11.4 Å². The standard InChI is InChI=1S/C24H24F3N7O/c25-24(26,27)19-15-29-23(31-22(19)35-12-9-16-5-4-10-28-14-16)30-18-7-3-6-17(13-18)21-33-32-20-8-1-2-11-34(20)21/h1-2,4-5,8,10-11,14-15,17-18H,3,6-7,9,12-13H2,(H,29,30,31). The van der Waals surface area contributed by atoms with Gasteiger partial charge < -0.3 is 10.1 Å². The molecule has 4 aromatic rings. The van der Waals surface area contributed by atoms with Crippen LogP contribution in [0.5, 0.6) is 5.88 Å². The van der Waals surface area contributed by atoms with Crippen LogP contribution in [0.2, 0.25) is 0 Å². The zero-order chi connectivity index (χ0) is 24.3. The highest BCUT2D eigenvalue weighted by atomic mass is 19.4. The lowest BCUT2D eigenvalue weighted by Crippen LogP contribution is -2.28. The molecule has 0 spiro atoms. The molecule has 0 aliphatic heterocycles. The van der Waals surface area contributed by atoms with Gasteiger partial charge in [-0.3, -0.25) is 9.38 Å². The zero-order valence-electron chi connectivity index (χ0n) is 18.8. The number of fused-ring (bicyclic) bond motifs is 1. The van der Waals surface area contributed by atoms with Crippen molar-refractivity contribution >= 4 is 11.6 Å². The molecule has 1 saturated carbocycles. The molecular weight excluding hydrogens is 459 g/mol. The predicted octanol–water partition coefficient (Wildman–Crippen LogP) is 4.69. The number of nitrogens with zero attached hydrogens (tertiary/aromatic N) is 6. The fourth-order valence-electron chi connectivity index (χ4n) is 4.43. The Morgan fingerprint density at radius 1 is 1.09 bits per heavy atom. The molecule has 182 valence electrons. The van der Waals surface area contributed by atoms with Crippen molar-refractivity contribution in [2.45, 2.75) is 50.2 Å². The second-order valence-corrected chi connectivity index (χ2v) is 8.56. The predicted molar refractivity (Wildman–Crippen MR) is 122 cm³/mol. The SMILES string of the molecule is FC(F)(F)c1cnc(NC2CCCC(c3nnc4ccccn34)C2)nc1OCCc1cccnc1. The molecule has 4 aromatic heterocycles. The third kappa shape index (κ3) is 5.33. The van der Waals surface area contributed by atoms with Crippen LogP contribution in [-0.4, -0.2) is 42.2 Å². The summed E-state index contributed by atoms with van der Waals surface area (Å²) in [5, 5.41) is 11.8. The van der Waals surface area contributed by atoms with Crippen molar-refractivity contribution in [3.8, 4) is 5.88 Å². The van der Waals surface area contributed by atoms with Crippen LogP contribution in [0.1, 0.15) is 48.6 Å². The minimum Gasteiger partial charge on any atom is -0.477 e. The van der Waals surface area contributed by atoms with E-state index in [0.717, 1.165) is 48.9 Å². The van der Waals surface area contributed by atoms with E-state index in [-0.39, 0.29) is 24.5 Å². The van der Waals surface area contributed by atoms with Crippen molar-refractivity contribution in [2.24, 2.45) is 0 Å². The van der Waals surface area contributed by atoms with E-state index in [2.05, 4.69) is 30.5 Å². The highest BCUT2D eigenvalue weighted by molar-refractivity contribution is 5.38. The quantitative estimate of drug-likeness (QED) is 0.408. The van der Waals surface area contributed by atoms with Gasteiger partial charge in [0, 0.05) is 43.2 Å². The number of pyridine rings is 2. The van der Waals surface area contributed by atoms with E-state index >= 15 is 0 Å². The van der Waals surface area contributed by atoms with Crippen molar-refractivity contribution in [3.05, 3.63) is 72.1 Å². The molecule has 0 saturated heterocycles. The molecule has 0 aromatic carbocycles. The van der Waals surface area contributed by atoms with Gasteiger partial charge >= 0.3 is 6.18 Å². The Balaban J connectivity index is 1.29. The lowest BCUT2D eigenvalue weighted by Gasteiger charge is -2.29. The van der Waals surface area contributed by atoms with Gasteiger partial charge in [-0.25, -0.2) is 4.98 Å². The van der Waals surface area contributed by atoms with Crippen molar-refractivity contribution < 1.29 is 17.9 Å². The van der Waals surface area contributed by atoms with Gasteiger partial charge in [0.05, 0.1) is 6.61 Å². The van der Waals surface area contributed by atoms with E-state index in [0.29, 0.717) is 6.42 Å². The minimum absolute atomic E-state index is 0.00945. The lowest BCUT2D eigenvalue weighted by molar-refractivity contribution is -0.139. The van der Waals surface area contributed by atoms with Crippen LogP contribution in [-0.2, 0) is 12.6 Å². The number of rotatable bonds is 7. The number of ether oxygens (including phenoxy) is 1. The van der Waals surface area contributed by atoms with Crippen molar-refractivity contribution in [2.75, 3.05) is 11.9 Å². The molecule has 8 nitrogen and oxygen atoms in total. The van der Waals surface area contributed by atoms with Gasteiger partial charge in [0.15, 0.2) is 5.65 Å². The summed E-state index contributed by atoms with van der Waals surface area (Å²) in [6, 6.07) is 9.35. The first-order valence-electron chi connectivity index (χ1n) is 11.5. The van der Waals surface area contributed by atoms with E-state index in [4.69, 9.17) is 4.74 Å². The lowest BCUT2D eigenvalue weighted by atomic mass is 9.85. The summed E-state index contributed by atoms with van der Waals surface area (Å²) in [5.41, 5.74) is 0.658. The molecular formula is C24H24F3N7O. The van der Waals surface area contributed by atoms with Crippen molar-refractivity contribution in [1.29, 1.82) is 0 Å². The molecule has 35 heavy (non-hydrogen) atoms. The Kier molecular flexibility index (Phi) is 6.47. The number of alkyl halides is 3. The molecule has 1 fully saturated rings. The maximum Gasteiger partial charge on any atom is 0.423 e. The second-order valence-electron chi connectivity index (χ2n) is 8.56. The van der Waals surface area contributed by atoms with Gasteiger partial charge in [0.2, 0.25) is 11.8 Å². The molecule has 11 heteroatoms. The molecule has 1 aliphatic carbocycles. The Bertz CT molecular complexity index is 1280. The fourth-order valence-corrected chi connectivity index (χ4v) is 4.43. The van der Waals surface area contributed by atoms with Crippen LogP contribution in [0, 0.1) is 0 Å². The average Bonchev–Trinajstić information content (AvgIpc) is 3.29. The highest BCUT2D eigenvalue weighted by Gasteiger charge is 2.36. The van der Waals surface area contributed by atoms with E-state index in [9.17, 15) is 13.2 Å². The largest absolute Gasteiger partial charge is 0.477 e. The molecule has 0 radical (unpaired) electrons. The summed E-state index contributed by atoms with van der Waals surface area (Å²) < 4.78 is 48.0. The van der Waals surface area contributed by atoms with Crippen LogP contribution in [0.4, 0.5) is 19.1 Å². The van der Waals surface area contributed by atoms with Crippen molar-refractivity contribution in [3.63, 3.8) is 0 Å². The number of hydrogen-bond donors (Lipinski definition) is 1. The maximum atomic E-state index is 13.5. The number of hydrogen-bond acceptors (Lipinski definition) is 7. The smallest absolute Gasteiger partial charge is 0.423 e. The molecule has 0 amide bonds. The zero-order valence-corrected chi connectivity index (χ0v) is 18.8. The fraction of sp³-hybridized carbons (Fsp3) is 0.375. The number of aromatic nitrogens is 6. The van der Waals surface area contributed by atoms with Crippen LogP contribution < -0.4 is 10.1 Å². The van der Waals surface area contributed by atoms with Crippen LogP contribution >= 0.6 is 0 Å². The molecule has 1 N–H and O–H groups in total. The van der Waals surface area contributed by atoms with Crippen LogP contribution in [0.15, 0.2) is 55.1 Å². The normalized spacial score (nSPS) is 18.5. The molecule has 5 rings (SSSR count). The first-order valence-corrected chi connectivity index (χ1v) is 11.5. The van der Waals surface area contributed by atoms with Crippen LogP contribution in [0.25, 0.3) is 5.65 Å². The third-order valence-corrected chi connectivity index (χ3v) is 6.12. The van der Waals surface area contributed by atoms with Gasteiger partial charge in [-0.2, -0.15) is 18.2 Å². The Labute approximate surface area is 199 Å². The van der Waals surface area contributed by atoms with Gasteiger partial charge in [-0.1, -0.05) is 18.6 Å². The van der Waals surface area contributed by atoms with Crippen molar-refractivity contribution in [1.82, 2.24) is 29.5 Å². The van der Waals surface area contributed by atoms with Gasteiger partial charge in [0.25, 0.3) is 0 Å². The van der Waals surface area contributed by atoms with E-state index in [1.807, 2.05) is 34.9 Å². The molecule has 1 aliphatic rings. The molecule has 0 bridgehead atoms. The summed E-state index contributed by atoms with van der Waals surface area (Å²) >= 11 is 0. The maximum absolute atomic E-state index is 13.5. The second kappa shape index (κ2) is 9.85. The molecule has 2 unspecified atom stereocenters. The Morgan fingerprint density at radius 3 is 2.83 bits per heavy atom. The van der Waals surface area contributed by atoms with E-state index < -0.39 is 17.6 Å². The first-order chi connectivity index (χ1) is 17.0. The summed E-state index contributed by atoms with van der Waals surface area (Å²) in [6.07, 6.45) is 5.31. The summed E-state index contributed by atoms with van der Waals surface area (Å²) in [6.45, 7) is 0.0384. The molecule has 2 atom stereocenters. The monoisotopic (exact) mass is 483 g/mol. The Morgan fingerprint density at radius 2 is 2.00 bits per heavy atom. The van der Waals surface area contributed by atoms with E-state index in [1.165, 1.54) is 0 Å². The Hall–Kier alpha value is -3.76. The summed E-state index contributed by atoms with van der Waals surface area (Å²) in [4.78, 5) is 12.0. The third-order valence-electron chi connectivity index (χ3n) is 6.12. The minimum atomic E-state index is -4.62. The average molecular weight is 483 g/mol. The number of anilines is 1. The van der Waals surface area contributed by atoms with E-state index in [1.54, 1.807) is 18.5 Å². The van der Waals surface area contributed by atoms with Gasteiger partial charge in [-0.15, -0.1) is 10.2 Å². The summed E-state index contributed by atoms with van der Waals surface area (Å²) in [7, 11) is 0. The highest BCUT2D eigenvalue weighted by Crippen LogP contribution is 2.36. The number of nitrogens with one attached hydrogen (secondary N) is 1. The van der Waals surface area contributed by atoms with Crippen LogP contribution in [0.3, 0.4) is 0 Å². The summed E-state index contributed by atoms with van der Waals surface area (Å²) in [5.74, 6) is 0.698. The first kappa shape index (κ1) is 23.0.